The summed E-state index contributed by atoms with van der Waals surface area (Å²) in [5.41, 5.74) is 1.72. The molecule has 7 nitrogen and oxygen atoms in total. The molecule has 0 atom stereocenters. The molecule has 0 fully saturated rings. The van der Waals surface area contributed by atoms with Gasteiger partial charge in [-0.1, -0.05) is 6.07 Å². The van der Waals surface area contributed by atoms with E-state index in [4.69, 9.17) is 25.3 Å². The zero-order chi connectivity index (χ0) is 20.2. The third kappa shape index (κ3) is 8.18. The third-order valence-electron chi connectivity index (χ3n) is 3.84. The Morgan fingerprint density at radius 2 is 1.36 bits per heavy atom. The topological polar surface area (TPSA) is 68.8 Å². The Balaban J connectivity index is 0.00000729. The number of rotatable bonds is 8. The summed E-state index contributed by atoms with van der Waals surface area (Å²) in [6.07, 6.45) is 1.69. The van der Waals surface area contributed by atoms with Crippen LogP contribution in [0.1, 0.15) is 40.3 Å². The Morgan fingerprint density at radius 1 is 0.857 bits per heavy atom. The summed E-state index contributed by atoms with van der Waals surface area (Å²) in [5.74, 6) is 0. The van der Waals surface area contributed by atoms with Gasteiger partial charge in [-0.2, -0.15) is 15.3 Å². The minimum atomic E-state index is 0. The van der Waals surface area contributed by atoms with E-state index in [-0.39, 0.29) is 17.1 Å². The first kappa shape index (κ1) is 26.4. The SMILES string of the molecule is CCN(CC)/C([S-])=N/N=C(C)/C(=N/N=C(\[S-])N(CC)CC)c1ccccn1.[Cu+2]. The van der Waals surface area contributed by atoms with E-state index in [0.29, 0.717) is 27.5 Å². The van der Waals surface area contributed by atoms with Gasteiger partial charge in [-0.3, -0.25) is 4.98 Å². The van der Waals surface area contributed by atoms with Crippen LogP contribution < -0.4 is 0 Å². The van der Waals surface area contributed by atoms with Gasteiger partial charge in [0.1, 0.15) is 5.71 Å². The van der Waals surface area contributed by atoms with Crippen LogP contribution in [0.3, 0.4) is 0 Å². The van der Waals surface area contributed by atoms with E-state index in [9.17, 15) is 0 Å². The van der Waals surface area contributed by atoms with Crippen LogP contribution in [0.25, 0.3) is 0 Å². The predicted molar refractivity (Wildman–Crippen MR) is 119 cm³/mol. The zero-order valence-electron chi connectivity index (χ0n) is 16.9. The molecule has 157 valence electrons. The summed E-state index contributed by atoms with van der Waals surface area (Å²) >= 11 is 10.7. The molecule has 0 aromatic carbocycles. The van der Waals surface area contributed by atoms with Crippen molar-refractivity contribution in [3.63, 3.8) is 0 Å². The molecule has 1 radical (unpaired) electrons. The molecule has 0 aliphatic rings. The van der Waals surface area contributed by atoms with Crippen molar-refractivity contribution in [3.8, 4) is 0 Å². The van der Waals surface area contributed by atoms with Gasteiger partial charge in [0.25, 0.3) is 0 Å². The van der Waals surface area contributed by atoms with Gasteiger partial charge in [-0.15, -0.1) is 5.10 Å². The molecule has 1 rings (SSSR count). The number of hydrogen-bond donors (Lipinski definition) is 0. The average Bonchev–Trinajstić information content (AvgIpc) is 2.69. The third-order valence-corrected chi connectivity index (χ3v) is 4.52. The van der Waals surface area contributed by atoms with Gasteiger partial charge in [0.2, 0.25) is 0 Å². The molecule has 0 amide bonds. The van der Waals surface area contributed by atoms with Crippen molar-refractivity contribution in [2.45, 2.75) is 34.6 Å². The number of nitrogens with zero attached hydrogens (tertiary/aromatic N) is 7. The minimum Gasteiger partial charge on any atom is -0.741 e. The average molecular weight is 469 g/mol. The molecule has 1 aromatic rings. The van der Waals surface area contributed by atoms with Crippen LogP contribution in [0, 0.1) is 0 Å². The summed E-state index contributed by atoms with van der Waals surface area (Å²) in [5, 5.41) is 17.8. The molecule has 1 aromatic heterocycles. The fourth-order valence-corrected chi connectivity index (χ4v) is 2.78. The van der Waals surface area contributed by atoms with Crippen molar-refractivity contribution in [1.29, 1.82) is 0 Å². The van der Waals surface area contributed by atoms with Crippen molar-refractivity contribution in [2.24, 2.45) is 20.4 Å². The van der Waals surface area contributed by atoms with Gasteiger partial charge in [0.15, 0.2) is 0 Å². The van der Waals surface area contributed by atoms with E-state index in [0.717, 1.165) is 26.2 Å². The van der Waals surface area contributed by atoms with E-state index < -0.39 is 0 Å². The standard InChI is InChI=1S/C18H29N7S2.Cu/c1-6-24(7-2)17(26)22-20-14(5)16(15-12-10-11-13-19-15)21-23-18(27)25(8-3)9-4;/h10-13H,6-9H2,1-5H3,(H,22,26)(H,23,27);/q;+2/p-2/b20-14+,21-16-;. The van der Waals surface area contributed by atoms with Crippen molar-refractivity contribution < 1.29 is 17.1 Å². The van der Waals surface area contributed by atoms with Gasteiger partial charge in [0, 0.05) is 42.7 Å². The molecule has 0 spiro atoms. The van der Waals surface area contributed by atoms with Crippen molar-refractivity contribution in [3.05, 3.63) is 30.1 Å². The summed E-state index contributed by atoms with van der Waals surface area (Å²) in [4.78, 5) is 8.24. The van der Waals surface area contributed by atoms with Gasteiger partial charge in [0.05, 0.1) is 11.4 Å². The predicted octanol–water partition coefficient (Wildman–Crippen LogP) is 2.65. The summed E-state index contributed by atoms with van der Waals surface area (Å²) in [7, 11) is 0. The molecule has 0 bridgehead atoms. The zero-order valence-corrected chi connectivity index (χ0v) is 19.5. The number of hydrogen-bond acceptors (Lipinski definition) is 7. The molecule has 0 saturated heterocycles. The Hall–Kier alpha value is -1.61. The van der Waals surface area contributed by atoms with Crippen LogP contribution in [0.15, 0.2) is 44.8 Å². The maximum Gasteiger partial charge on any atom is 2.00 e. The van der Waals surface area contributed by atoms with E-state index >= 15 is 0 Å². The van der Waals surface area contributed by atoms with Crippen molar-refractivity contribution in [1.82, 2.24) is 14.8 Å². The Morgan fingerprint density at radius 3 is 1.79 bits per heavy atom. The van der Waals surface area contributed by atoms with E-state index in [1.807, 2.05) is 55.7 Å². The van der Waals surface area contributed by atoms with Gasteiger partial charge in [-0.25, -0.2) is 0 Å². The molecular weight excluding hydrogens is 442 g/mol. The fourth-order valence-electron chi connectivity index (χ4n) is 2.18. The molecule has 0 N–H and O–H groups in total. The largest absolute Gasteiger partial charge is 2.00 e. The first-order chi connectivity index (χ1) is 13.0. The Bertz CT molecular complexity index is 697. The van der Waals surface area contributed by atoms with Crippen LogP contribution in [-0.2, 0) is 42.3 Å². The van der Waals surface area contributed by atoms with Crippen LogP contribution in [-0.4, -0.2) is 62.7 Å². The molecule has 0 aliphatic heterocycles. The number of pyridine rings is 1. The molecule has 0 saturated carbocycles. The molecule has 0 aliphatic carbocycles. The normalized spacial score (nSPS) is 13.2. The van der Waals surface area contributed by atoms with E-state index in [2.05, 4.69) is 25.4 Å². The summed E-state index contributed by atoms with van der Waals surface area (Å²) in [6.45, 7) is 13.0. The van der Waals surface area contributed by atoms with Crippen molar-refractivity contribution >= 4 is 47.0 Å². The van der Waals surface area contributed by atoms with Gasteiger partial charge >= 0.3 is 17.1 Å². The smallest absolute Gasteiger partial charge is 0.741 e. The summed E-state index contributed by atoms with van der Waals surface area (Å²) in [6, 6.07) is 5.56. The first-order valence-electron chi connectivity index (χ1n) is 9.01. The molecule has 28 heavy (non-hydrogen) atoms. The van der Waals surface area contributed by atoms with Gasteiger partial charge in [-0.05, 0) is 46.8 Å². The van der Waals surface area contributed by atoms with E-state index in [1.54, 1.807) is 13.1 Å². The number of amidine groups is 2. The Kier molecular flexibility index (Phi) is 13.6. The van der Waals surface area contributed by atoms with Crippen LogP contribution in [0.4, 0.5) is 0 Å². The maximum absolute atomic E-state index is 5.34. The molecule has 1 heterocycles. The molecule has 0 unspecified atom stereocenters. The van der Waals surface area contributed by atoms with Crippen LogP contribution in [0.2, 0.25) is 0 Å². The quantitative estimate of drug-likeness (QED) is 0.193. The second kappa shape index (κ2) is 14.4. The first-order valence-corrected chi connectivity index (χ1v) is 9.83. The molecule has 10 heteroatoms. The monoisotopic (exact) mass is 468 g/mol. The Labute approximate surface area is 189 Å². The van der Waals surface area contributed by atoms with Crippen molar-refractivity contribution in [2.75, 3.05) is 26.2 Å². The van der Waals surface area contributed by atoms with E-state index in [1.165, 1.54) is 0 Å². The van der Waals surface area contributed by atoms with Crippen LogP contribution in [0.5, 0.6) is 0 Å². The molecular formula is C18H27CuN7S2. The number of aromatic nitrogens is 1. The summed E-state index contributed by atoms with van der Waals surface area (Å²) < 4.78 is 0. The van der Waals surface area contributed by atoms with Gasteiger partial charge < -0.3 is 35.1 Å². The van der Waals surface area contributed by atoms with Crippen LogP contribution >= 0.6 is 0 Å². The second-order valence-electron chi connectivity index (χ2n) is 5.46. The minimum absolute atomic E-state index is 0. The second-order valence-corrected chi connectivity index (χ2v) is 6.19. The maximum atomic E-state index is 5.34. The fraction of sp³-hybridized carbons (Fsp3) is 0.500.